The molecule has 0 saturated heterocycles. The molecule has 0 fully saturated rings. The van der Waals surface area contributed by atoms with Crippen LogP contribution in [0.25, 0.3) is 68.6 Å². The summed E-state index contributed by atoms with van der Waals surface area (Å²) in [7, 11) is 0. The van der Waals surface area contributed by atoms with Gasteiger partial charge in [0.05, 0.1) is 22.6 Å². The molecule has 0 spiro atoms. The van der Waals surface area contributed by atoms with E-state index >= 15 is 0 Å². The maximum Gasteiger partial charge on any atom is 0.176 e. The van der Waals surface area contributed by atoms with Crippen LogP contribution in [-0.4, -0.2) is 19.9 Å². The summed E-state index contributed by atoms with van der Waals surface area (Å²) in [6.45, 7) is 0. The van der Waals surface area contributed by atoms with Gasteiger partial charge in [0, 0.05) is 27.7 Å². The fourth-order valence-corrected chi connectivity index (χ4v) is 5.64. The Kier molecular flexibility index (Phi) is 6.05. The zero-order chi connectivity index (χ0) is 28.6. The first-order chi connectivity index (χ1) is 21.3. The maximum atomic E-state index is 6.57. The molecule has 5 heterocycles. The van der Waals surface area contributed by atoms with Crippen LogP contribution in [0.2, 0.25) is 0 Å². The van der Waals surface area contributed by atoms with Crippen LogP contribution in [0, 0.1) is 0 Å². The summed E-state index contributed by atoms with van der Waals surface area (Å²) in [6, 6.07) is 40.9. The van der Waals surface area contributed by atoms with E-state index in [4.69, 9.17) is 14.7 Å². The van der Waals surface area contributed by atoms with Crippen LogP contribution in [-0.2, 0) is 0 Å². The SMILES string of the molecule is C1=Cc2nc1cc1ccc([nH]1)c(-c1ccccc1)c1nc(c(Oc3ccccc3)c3ccc([nH]3)c2-c2ccccc2)C=C1. The molecule has 0 unspecified atom stereocenters. The third-order valence-electron chi connectivity index (χ3n) is 7.62. The van der Waals surface area contributed by atoms with Crippen LogP contribution in [0.15, 0.2) is 121 Å². The monoisotopic (exact) mass is 554 g/mol. The molecule has 0 atom stereocenters. The summed E-state index contributed by atoms with van der Waals surface area (Å²) < 4.78 is 6.57. The highest BCUT2D eigenvalue weighted by molar-refractivity contribution is 5.94. The molecule has 43 heavy (non-hydrogen) atoms. The van der Waals surface area contributed by atoms with Crippen molar-refractivity contribution in [2.45, 2.75) is 0 Å². The van der Waals surface area contributed by atoms with Gasteiger partial charge in [-0.05, 0) is 77.9 Å². The summed E-state index contributed by atoms with van der Waals surface area (Å²) in [5.41, 5.74) is 11.3. The molecule has 2 aliphatic heterocycles. The first-order valence-corrected chi connectivity index (χ1v) is 14.3. The first-order valence-electron chi connectivity index (χ1n) is 14.3. The Labute approximate surface area is 248 Å². The number of para-hydroxylation sites is 1. The lowest BCUT2D eigenvalue weighted by atomic mass is 10.0. The van der Waals surface area contributed by atoms with Gasteiger partial charge in [0.25, 0.3) is 0 Å². The molecule has 0 aliphatic carbocycles. The van der Waals surface area contributed by atoms with Gasteiger partial charge in [0.2, 0.25) is 0 Å². The molecule has 5 heteroatoms. The molecule has 204 valence electrons. The maximum absolute atomic E-state index is 6.57. The van der Waals surface area contributed by atoms with Crippen molar-refractivity contribution in [1.29, 1.82) is 0 Å². The Morgan fingerprint density at radius 3 is 1.74 bits per heavy atom. The Morgan fingerprint density at radius 1 is 0.465 bits per heavy atom. The van der Waals surface area contributed by atoms with Gasteiger partial charge in [-0.1, -0.05) is 78.9 Å². The minimum atomic E-state index is 0.646. The van der Waals surface area contributed by atoms with Crippen molar-refractivity contribution < 1.29 is 4.74 Å². The van der Waals surface area contributed by atoms with Crippen LogP contribution in [0.3, 0.4) is 0 Å². The van der Waals surface area contributed by atoms with E-state index < -0.39 is 0 Å². The van der Waals surface area contributed by atoms with Gasteiger partial charge in [0.15, 0.2) is 5.75 Å². The quantitative estimate of drug-likeness (QED) is 0.228. The molecule has 3 aromatic carbocycles. The smallest absolute Gasteiger partial charge is 0.176 e. The fourth-order valence-electron chi connectivity index (χ4n) is 5.64. The van der Waals surface area contributed by atoms with E-state index in [1.807, 2.05) is 72.8 Å². The zero-order valence-electron chi connectivity index (χ0n) is 23.2. The van der Waals surface area contributed by atoms with Gasteiger partial charge in [-0.25, -0.2) is 9.97 Å². The van der Waals surface area contributed by atoms with Crippen molar-refractivity contribution in [1.82, 2.24) is 19.9 Å². The van der Waals surface area contributed by atoms with Gasteiger partial charge in [-0.15, -0.1) is 0 Å². The molecule has 2 aliphatic rings. The number of fused-ring (bicyclic) bond motifs is 8. The van der Waals surface area contributed by atoms with Gasteiger partial charge in [-0.2, -0.15) is 0 Å². The molecule has 8 rings (SSSR count). The molecule has 0 saturated carbocycles. The van der Waals surface area contributed by atoms with E-state index in [0.717, 1.165) is 72.8 Å². The highest BCUT2D eigenvalue weighted by Crippen LogP contribution is 2.36. The molecule has 6 aromatic rings. The van der Waals surface area contributed by atoms with E-state index in [9.17, 15) is 0 Å². The lowest BCUT2D eigenvalue weighted by Crippen LogP contribution is -1.90. The lowest BCUT2D eigenvalue weighted by Gasteiger charge is -2.07. The van der Waals surface area contributed by atoms with Gasteiger partial charge in [-0.3, -0.25) is 0 Å². The normalized spacial score (nSPS) is 12.0. The molecule has 0 radical (unpaired) electrons. The number of aromatic amines is 2. The van der Waals surface area contributed by atoms with Crippen molar-refractivity contribution in [2.75, 3.05) is 0 Å². The fraction of sp³-hybridized carbons (Fsp3) is 0. The second-order valence-corrected chi connectivity index (χ2v) is 10.5. The van der Waals surface area contributed by atoms with Gasteiger partial charge < -0.3 is 14.7 Å². The molecule has 3 aromatic heterocycles. The van der Waals surface area contributed by atoms with Crippen LogP contribution in [0.5, 0.6) is 11.5 Å². The average molecular weight is 555 g/mol. The third-order valence-corrected chi connectivity index (χ3v) is 7.62. The molecular weight excluding hydrogens is 528 g/mol. The van der Waals surface area contributed by atoms with Gasteiger partial charge in [0.1, 0.15) is 11.4 Å². The van der Waals surface area contributed by atoms with E-state index in [0.29, 0.717) is 5.75 Å². The van der Waals surface area contributed by atoms with Crippen molar-refractivity contribution in [3.63, 3.8) is 0 Å². The van der Waals surface area contributed by atoms with E-state index in [1.54, 1.807) is 0 Å². The van der Waals surface area contributed by atoms with Crippen molar-refractivity contribution >= 4 is 46.4 Å². The van der Waals surface area contributed by atoms with Crippen LogP contribution in [0.1, 0.15) is 22.8 Å². The second kappa shape index (κ2) is 10.5. The molecular formula is C38H26N4O. The predicted octanol–water partition coefficient (Wildman–Crippen LogP) is 9.78. The molecule has 5 nitrogen and oxygen atoms in total. The Balaban J connectivity index is 1.50. The summed E-state index contributed by atoms with van der Waals surface area (Å²) in [4.78, 5) is 17.5. The number of benzene rings is 3. The van der Waals surface area contributed by atoms with E-state index in [1.165, 1.54) is 0 Å². The number of H-pyrrole nitrogens is 2. The van der Waals surface area contributed by atoms with E-state index in [2.05, 4.69) is 82.8 Å². The largest absolute Gasteiger partial charge is 0.453 e. The highest BCUT2D eigenvalue weighted by Gasteiger charge is 2.16. The van der Waals surface area contributed by atoms with Crippen molar-refractivity contribution in [3.05, 3.63) is 144 Å². The summed E-state index contributed by atoms with van der Waals surface area (Å²) in [5, 5.41) is 0. The Morgan fingerprint density at radius 2 is 1.02 bits per heavy atom. The summed E-state index contributed by atoms with van der Waals surface area (Å²) in [6.07, 6.45) is 8.22. The van der Waals surface area contributed by atoms with Crippen molar-refractivity contribution in [2.24, 2.45) is 0 Å². The minimum Gasteiger partial charge on any atom is -0.453 e. The topological polar surface area (TPSA) is 66.6 Å². The number of hydrogen-bond donors (Lipinski definition) is 2. The number of rotatable bonds is 4. The van der Waals surface area contributed by atoms with Gasteiger partial charge >= 0.3 is 0 Å². The van der Waals surface area contributed by atoms with Crippen LogP contribution >= 0.6 is 0 Å². The summed E-state index contributed by atoms with van der Waals surface area (Å²) in [5.74, 6) is 1.38. The number of hydrogen-bond acceptors (Lipinski definition) is 3. The summed E-state index contributed by atoms with van der Waals surface area (Å²) >= 11 is 0. The zero-order valence-corrected chi connectivity index (χ0v) is 23.2. The molecule has 2 N–H and O–H groups in total. The van der Waals surface area contributed by atoms with E-state index in [-0.39, 0.29) is 0 Å². The Bertz CT molecular complexity index is 2150. The Hall–Kier alpha value is -5.94. The number of ether oxygens (including phenoxy) is 1. The number of nitrogens with one attached hydrogen (secondary N) is 2. The predicted molar refractivity (Wildman–Crippen MR) is 176 cm³/mol. The first kappa shape index (κ1) is 24.8. The number of nitrogens with zero attached hydrogens (tertiary/aromatic N) is 2. The lowest BCUT2D eigenvalue weighted by molar-refractivity contribution is 0.484. The standard InChI is InChI=1S/C38H26N4O/c1-4-10-25(11-5-1)36-30-18-16-27(39-30)24-28-17-19-31(40-28)37(26-12-6-2-7-13-26)33-21-23-35(42-33)38(34-22-20-32(36)41-34)43-29-14-8-3-9-15-29/h1-24,39,42H. The average Bonchev–Trinajstić information content (AvgIpc) is 3.88. The second-order valence-electron chi connectivity index (χ2n) is 10.5. The van der Waals surface area contributed by atoms with Crippen molar-refractivity contribution in [3.8, 4) is 33.8 Å². The molecule has 0 amide bonds. The highest BCUT2D eigenvalue weighted by atomic mass is 16.5. The molecule has 8 bridgehead atoms. The minimum absolute atomic E-state index is 0.646. The number of aromatic nitrogens is 4. The van der Waals surface area contributed by atoms with Crippen LogP contribution in [0.4, 0.5) is 0 Å². The third kappa shape index (κ3) is 4.73. The van der Waals surface area contributed by atoms with Crippen LogP contribution < -0.4 is 4.74 Å².